The molecule has 0 spiro atoms. The molecule has 28 heavy (non-hydrogen) atoms. The molecule has 0 amide bonds. The van der Waals surface area contributed by atoms with E-state index in [1.807, 2.05) is 24.3 Å². The van der Waals surface area contributed by atoms with Gasteiger partial charge in [-0.15, -0.1) is 0 Å². The number of hydrogen-bond donors (Lipinski definition) is 1. The lowest BCUT2D eigenvalue weighted by molar-refractivity contribution is 0.0529. The SMILES string of the molecule is CCOC(=O)c1c(N)n(-c2cccc3cccnc23)c(=O)c2ccc(Br)cc12. The normalized spacial score (nSPS) is 11.1. The number of rotatable bonds is 3. The third kappa shape index (κ3) is 2.84. The van der Waals surface area contributed by atoms with Crippen molar-refractivity contribution in [2.75, 3.05) is 12.3 Å². The van der Waals surface area contributed by atoms with Gasteiger partial charge < -0.3 is 10.5 Å². The number of pyridine rings is 2. The van der Waals surface area contributed by atoms with Gasteiger partial charge >= 0.3 is 5.97 Å². The molecule has 4 aromatic rings. The number of nitrogen functional groups attached to an aromatic ring is 1. The summed E-state index contributed by atoms with van der Waals surface area (Å²) in [5.74, 6) is -0.558. The predicted octanol–water partition coefficient (Wildman–Crippen LogP) is 4.06. The minimum Gasteiger partial charge on any atom is -0.462 e. The zero-order valence-electron chi connectivity index (χ0n) is 15.0. The first-order chi connectivity index (χ1) is 13.5. The molecule has 7 heteroatoms. The highest BCUT2D eigenvalue weighted by molar-refractivity contribution is 9.10. The second-order valence-corrected chi connectivity index (χ2v) is 7.08. The van der Waals surface area contributed by atoms with E-state index in [2.05, 4.69) is 20.9 Å². The summed E-state index contributed by atoms with van der Waals surface area (Å²) in [5.41, 5.74) is 7.33. The van der Waals surface area contributed by atoms with Crippen LogP contribution < -0.4 is 11.3 Å². The maximum Gasteiger partial charge on any atom is 0.342 e. The molecule has 2 aromatic carbocycles. The first-order valence-electron chi connectivity index (χ1n) is 8.68. The Labute approximate surface area is 168 Å². The van der Waals surface area contributed by atoms with Crippen molar-refractivity contribution in [2.45, 2.75) is 6.92 Å². The van der Waals surface area contributed by atoms with Crippen molar-refractivity contribution in [3.05, 3.63) is 75.1 Å². The lowest BCUT2D eigenvalue weighted by Crippen LogP contribution is -2.25. The molecule has 0 saturated carbocycles. The van der Waals surface area contributed by atoms with E-state index in [1.165, 1.54) is 4.57 Å². The predicted molar refractivity (Wildman–Crippen MR) is 113 cm³/mol. The third-order valence-electron chi connectivity index (χ3n) is 4.51. The van der Waals surface area contributed by atoms with E-state index in [0.717, 1.165) is 9.86 Å². The molecule has 0 unspecified atom stereocenters. The molecule has 2 aromatic heterocycles. The number of carbonyl (C=O) groups excluding carboxylic acids is 1. The van der Waals surface area contributed by atoms with E-state index in [-0.39, 0.29) is 23.5 Å². The summed E-state index contributed by atoms with van der Waals surface area (Å²) in [6.07, 6.45) is 1.65. The summed E-state index contributed by atoms with van der Waals surface area (Å²) in [6, 6.07) is 14.3. The molecule has 0 fully saturated rings. The molecule has 2 N–H and O–H groups in total. The molecule has 140 valence electrons. The maximum absolute atomic E-state index is 13.3. The fraction of sp³-hybridized carbons (Fsp3) is 0.0952. The van der Waals surface area contributed by atoms with Gasteiger partial charge in [0.25, 0.3) is 5.56 Å². The van der Waals surface area contributed by atoms with Gasteiger partial charge in [-0.05, 0) is 37.3 Å². The fourth-order valence-corrected chi connectivity index (χ4v) is 3.68. The fourth-order valence-electron chi connectivity index (χ4n) is 3.31. The molecular weight excluding hydrogens is 422 g/mol. The van der Waals surface area contributed by atoms with E-state index >= 15 is 0 Å². The zero-order chi connectivity index (χ0) is 19.8. The van der Waals surface area contributed by atoms with E-state index in [9.17, 15) is 9.59 Å². The Morgan fingerprint density at radius 1 is 1.18 bits per heavy atom. The van der Waals surface area contributed by atoms with Crippen LogP contribution in [-0.2, 0) is 4.74 Å². The van der Waals surface area contributed by atoms with Crippen molar-refractivity contribution in [1.29, 1.82) is 0 Å². The number of hydrogen-bond acceptors (Lipinski definition) is 5. The lowest BCUT2D eigenvalue weighted by atomic mass is 10.1. The quantitative estimate of drug-likeness (QED) is 0.488. The molecule has 4 rings (SSSR count). The van der Waals surface area contributed by atoms with Gasteiger partial charge in [0.1, 0.15) is 11.4 Å². The van der Waals surface area contributed by atoms with Crippen LogP contribution in [0.5, 0.6) is 0 Å². The Morgan fingerprint density at radius 3 is 2.75 bits per heavy atom. The number of nitrogens with zero attached hydrogens (tertiary/aromatic N) is 2. The number of nitrogens with two attached hydrogens (primary N) is 1. The zero-order valence-corrected chi connectivity index (χ0v) is 16.6. The maximum atomic E-state index is 13.3. The Kier molecular flexibility index (Phi) is 4.60. The van der Waals surface area contributed by atoms with Crippen LogP contribution in [0.3, 0.4) is 0 Å². The van der Waals surface area contributed by atoms with Crippen molar-refractivity contribution in [3.63, 3.8) is 0 Å². The molecule has 0 radical (unpaired) electrons. The number of carbonyl (C=O) groups is 1. The van der Waals surface area contributed by atoms with Crippen LogP contribution in [0.25, 0.3) is 27.4 Å². The van der Waals surface area contributed by atoms with Crippen LogP contribution in [-0.4, -0.2) is 22.1 Å². The van der Waals surface area contributed by atoms with Crippen molar-refractivity contribution >= 4 is 49.4 Å². The van der Waals surface area contributed by atoms with Crippen molar-refractivity contribution in [1.82, 2.24) is 9.55 Å². The molecule has 0 saturated heterocycles. The molecule has 0 aliphatic carbocycles. The molecule has 6 nitrogen and oxygen atoms in total. The highest BCUT2D eigenvalue weighted by atomic mass is 79.9. The van der Waals surface area contributed by atoms with Crippen LogP contribution in [0.4, 0.5) is 5.82 Å². The Bertz CT molecular complexity index is 1290. The van der Waals surface area contributed by atoms with E-state index < -0.39 is 5.97 Å². The van der Waals surface area contributed by atoms with Gasteiger partial charge in [0.05, 0.1) is 17.8 Å². The van der Waals surface area contributed by atoms with Crippen LogP contribution in [0, 0.1) is 0 Å². The Morgan fingerprint density at radius 2 is 1.96 bits per heavy atom. The van der Waals surface area contributed by atoms with Crippen LogP contribution in [0.2, 0.25) is 0 Å². The first kappa shape index (κ1) is 18.2. The van der Waals surface area contributed by atoms with Crippen LogP contribution >= 0.6 is 15.9 Å². The van der Waals surface area contributed by atoms with Gasteiger partial charge in [-0.25, -0.2) is 4.79 Å². The van der Waals surface area contributed by atoms with Crippen molar-refractivity contribution in [3.8, 4) is 5.69 Å². The number of para-hydroxylation sites is 1. The highest BCUT2D eigenvalue weighted by Gasteiger charge is 2.23. The van der Waals surface area contributed by atoms with E-state index in [0.29, 0.717) is 22.0 Å². The number of aromatic nitrogens is 2. The minimum atomic E-state index is -0.579. The number of esters is 1. The Hall–Kier alpha value is -3.19. The summed E-state index contributed by atoms with van der Waals surface area (Å²) in [7, 11) is 0. The summed E-state index contributed by atoms with van der Waals surface area (Å²) in [6.45, 7) is 1.92. The highest BCUT2D eigenvalue weighted by Crippen LogP contribution is 2.29. The smallest absolute Gasteiger partial charge is 0.342 e. The second-order valence-electron chi connectivity index (χ2n) is 6.16. The number of anilines is 1. The van der Waals surface area contributed by atoms with Crippen molar-refractivity contribution < 1.29 is 9.53 Å². The molecular formula is C21H16BrN3O3. The second kappa shape index (κ2) is 7.09. The van der Waals surface area contributed by atoms with E-state index in [1.54, 1.807) is 37.4 Å². The molecule has 2 heterocycles. The number of benzene rings is 2. The summed E-state index contributed by atoms with van der Waals surface area (Å²) in [5, 5.41) is 1.67. The summed E-state index contributed by atoms with van der Waals surface area (Å²) < 4.78 is 7.27. The van der Waals surface area contributed by atoms with Gasteiger partial charge in [-0.1, -0.05) is 34.1 Å². The monoisotopic (exact) mass is 437 g/mol. The third-order valence-corrected chi connectivity index (χ3v) is 5.01. The largest absolute Gasteiger partial charge is 0.462 e. The molecule has 0 bridgehead atoms. The number of fused-ring (bicyclic) bond motifs is 2. The molecule has 0 aliphatic heterocycles. The first-order valence-corrected chi connectivity index (χ1v) is 9.47. The number of ether oxygens (including phenoxy) is 1. The van der Waals surface area contributed by atoms with Gasteiger partial charge in [0.15, 0.2) is 0 Å². The van der Waals surface area contributed by atoms with Gasteiger partial charge in [-0.3, -0.25) is 14.3 Å². The average Bonchev–Trinajstić information content (AvgIpc) is 2.68. The summed E-state index contributed by atoms with van der Waals surface area (Å²) >= 11 is 3.39. The van der Waals surface area contributed by atoms with Crippen LogP contribution in [0.15, 0.2) is 64.0 Å². The molecule has 0 aliphatic rings. The topological polar surface area (TPSA) is 87.2 Å². The van der Waals surface area contributed by atoms with Gasteiger partial charge in [0.2, 0.25) is 0 Å². The Balaban J connectivity index is 2.17. The number of halogens is 1. The average molecular weight is 438 g/mol. The van der Waals surface area contributed by atoms with Crippen molar-refractivity contribution in [2.24, 2.45) is 0 Å². The lowest BCUT2D eigenvalue weighted by Gasteiger charge is -2.17. The standard InChI is InChI=1S/C21H16BrN3O3/c1-2-28-21(27)17-15-11-13(22)8-9-14(15)20(26)25(19(17)23)16-7-3-5-12-6-4-10-24-18(12)16/h3-11H,2,23H2,1H3. The van der Waals surface area contributed by atoms with Crippen LogP contribution in [0.1, 0.15) is 17.3 Å². The van der Waals surface area contributed by atoms with E-state index in [4.69, 9.17) is 10.5 Å². The molecule has 0 atom stereocenters. The van der Waals surface area contributed by atoms with Gasteiger partial charge in [-0.2, -0.15) is 0 Å². The van der Waals surface area contributed by atoms with Gasteiger partial charge in [0, 0.05) is 26.8 Å². The summed E-state index contributed by atoms with van der Waals surface area (Å²) in [4.78, 5) is 30.4. The minimum absolute atomic E-state index is 0.0206.